The Kier molecular flexibility index (Phi) is 5.89. The zero-order valence-corrected chi connectivity index (χ0v) is 11.9. The highest BCUT2D eigenvalue weighted by Gasteiger charge is 2.31. The fourth-order valence-electron chi connectivity index (χ4n) is 1.82. The second-order valence-electron chi connectivity index (χ2n) is 4.38. The second-order valence-corrected chi connectivity index (χ2v) is 4.38. The molecule has 0 heterocycles. The van der Waals surface area contributed by atoms with Crippen molar-refractivity contribution < 1.29 is 32.7 Å². The number of hydrogen-bond donors (Lipinski definition) is 1. The Balaban J connectivity index is 2.94. The third-order valence-electron chi connectivity index (χ3n) is 2.96. The molecule has 1 aromatic carbocycles. The molecule has 0 aromatic heterocycles. The van der Waals surface area contributed by atoms with E-state index in [-0.39, 0.29) is 6.42 Å². The van der Waals surface area contributed by atoms with Crippen LogP contribution in [0.3, 0.4) is 0 Å². The van der Waals surface area contributed by atoms with Gasteiger partial charge >= 0.3 is 12.3 Å². The number of hydroxylamine groups is 1. The maximum atomic E-state index is 12.5. The molecule has 0 aliphatic heterocycles. The summed E-state index contributed by atoms with van der Waals surface area (Å²) >= 11 is 0. The maximum absolute atomic E-state index is 12.5. The van der Waals surface area contributed by atoms with Gasteiger partial charge in [0.15, 0.2) is 0 Å². The molecule has 0 radical (unpaired) electrons. The number of nitrogens with zero attached hydrogens (tertiary/aromatic N) is 2. The van der Waals surface area contributed by atoms with Crippen molar-refractivity contribution in [2.24, 2.45) is 0 Å². The topological polar surface area (TPSA) is 70.1 Å². The minimum atomic E-state index is -4.45. The molecule has 0 bridgehead atoms. The SMILES string of the molecule is CON(C)N(C(=O)O)C(C=O)Cc1ccc(C(F)(F)F)cc1. The van der Waals surface area contributed by atoms with Crippen LogP contribution >= 0.6 is 0 Å². The van der Waals surface area contributed by atoms with Gasteiger partial charge in [-0.25, -0.2) is 9.80 Å². The molecule has 0 aliphatic rings. The molecule has 1 N–H and O–H groups in total. The third-order valence-corrected chi connectivity index (χ3v) is 2.96. The summed E-state index contributed by atoms with van der Waals surface area (Å²) in [5.74, 6) is 0. The van der Waals surface area contributed by atoms with E-state index >= 15 is 0 Å². The van der Waals surface area contributed by atoms with E-state index in [0.29, 0.717) is 16.9 Å². The highest BCUT2D eigenvalue weighted by atomic mass is 19.4. The number of hydrogen-bond acceptors (Lipinski definition) is 4. The smallest absolute Gasteiger partial charge is 0.424 e. The van der Waals surface area contributed by atoms with Crippen LogP contribution in [0, 0.1) is 0 Å². The molecule has 1 unspecified atom stereocenters. The molecule has 0 spiro atoms. The van der Waals surface area contributed by atoms with Gasteiger partial charge in [0.2, 0.25) is 0 Å². The minimum Gasteiger partial charge on any atom is -0.464 e. The first-order valence-electron chi connectivity index (χ1n) is 6.12. The predicted molar refractivity (Wildman–Crippen MR) is 69.6 cm³/mol. The number of aldehydes is 1. The number of carbonyl (C=O) groups is 2. The summed E-state index contributed by atoms with van der Waals surface area (Å²) in [6, 6.07) is 3.03. The Bertz CT molecular complexity index is 519. The van der Waals surface area contributed by atoms with Crippen molar-refractivity contribution in [1.82, 2.24) is 10.2 Å². The molecule has 0 fully saturated rings. The Morgan fingerprint density at radius 1 is 1.36 bits per heavy atom. The standard InChI is InChI=1S/C13H15F3N2O4/c1-17(22-2)18(12(20)21)11(8-19)7-9-3-5-10(6-4-9)13(14,15)16/h3-6,8,11H,7H2,1-2H3,(H,20,21). The number of halogens is 3. The number of carbonyl (C=O) groups excluding carboxylic acids is 1. The summed E-state index contributed by atoms with van der Waals surface area (Å²) in [5.41, 5.74) is -0.427. The average Bonchev–Trinajstić information content (AvgIpc) is 2.45. The number of amides is 1. The lowest BCUT2D eigenvalue weighted by Gasteiger charge is -2.31. The monoisotopic (exact) mass is 320 g/mol. The zero-order valence-electron chi connectivity index (χ0n) is 11.9. The van der Waals surface area contributed by atoms with Crippen LogP contribution in [0.1, 0.15) is 11.1 Å². The van der Waals surface area contributed by atoms with Crippen molar-refractivity contribution in [2.45, 2.75) is 18.6 Å². The quantitative estimate of drug-likeness (QED) is 0.643. The summed E-state index contributed by atoms with van der Waals surface area (Å²) < 4.78 is 37.4. The largest absolute Gasteiger partial charge is 0.464 e. The average molecular weight is 320 g/mol. The van der Waals surface area contributed by atoms with Crippen LogP contribution in [0.15, 0.2) is 24.3 Å². The maximum Gasteiger partial charge on any atom is 0.424 e. The van der Waals surface area contributed by atoms with Crippen LogP contribution in [-0.2, 0) is 22.2 Å². The third kappa shape index (κ3) is 4.43. The Morgan fingerprint density at radius 3 is 2.27 bits per heavy atom. The summed E-state index contributed by atoms with van der Waals surface area (Å²) in [4.78, 5) is 27.0. The highest BCUT2D eigenvalue weighted by Crippen LogP contribution is 2.29. The van der Waals surface area contributed by atoms with Crippen molar-refractivity contribution in [3.05, 3.63) is 35.4 Å². The number of alkyl halides is 3. The Morgan fingerprint density at radius 2 is 1.91 bits per heavy atom. The molecule has 22 heavy (non-hydrogen) atoms. The summed E-state index contributed by atoms with van der Waals surface area (Å²) in [5, 5.41) is 10.6. The van der Waals surface area contributed by atoms with Crippen LogP contribution in [0.25, 0.3) is 0 Å². The molecule has 9 heteroatoms. The first-order chi connectivity index (χ1) is 10.2. The second kappa shape index (κ2) is 7.23. The van der Waals surface area contributed by atoms with Gasteiger partial charge in [-0.3, -0.25) is 4.84 Å². The van der Waals surface area contributed by atoms with Gasteiger partial charge in [-0.2, -0.15) is 13.2 Å². The van der Waals surface area contributed by atoms with E-state index in [1.54, 1.807) is 0 Å². The van der Waals surface area contributed by atoms with Crippen molar-refractivity contribution in [2.75, 3.05) is 14.2 Å². The van der Waals surface area contributed by atoms with E-state index in [9.17, 15) is 22.8 Å². The predicted octanol–water partition coefficient (Wildman–Crippen LogP) is 2.20. The van der Waals surface area contributed by atoms with E-state index in [1.807, 2.05) is 0 Å². The van der Waals surface area contributed by atoms with Gasteiger partial charge in [-0.1, -0.05) is 17.3 Å². The molecule has 1 rings (SSSR count). The van der Waals surface area contributed by atoms with Gasteiger partial charge < -0.3 is 9.90 Å². The van der Waals surface area contributed by atoms with E-state index in [4.69, 9.17) is 9.94 Å². The number of carboxylic acid groups (broad SMARTS) is 1. The van der Waals surface area contributed by atoms with Crippen molar-refractivity contribution in [1.29, 1.82) is 0 Å². The molecule has 0 aliphatic carbocycles. The number of rotatable bonds is 6. The first-order valence-corrected chi connectivity index (χ1v) is 6.12. The van der Waals surface area contributed by atoms with Crippen LogP contribution in [0.4, 0.5) is 18.0 Å². The summed E-state index contributed by atoms with van der Waals surface area (Å²) in [6.07, 6.45) is -5.57. The molecule has 0 saturated carbocycles. The molecular formula is C13H15F3N2O4. The van der Waals surface area contributed by atoms with Gasteiger partial charge in [-0.15, -0.1) is 0 Å². The molecule has 6 nitrogen and oxygen atoms in total. The van der Waals surface area contributed by atoms with Crippen molar-refractivity contribution in [3.8, 4) is 0 Å². The number of hydrazine groups is 1. The fourth-order valence-corrected chi connectivity index (χ4v) is 1.82. The fraction of sp³-hybridized carbons (Fsp3) is 0.385. The van der Waals surface area contributed by atoms with E-state index < -0.39 is 23.9 Å². The molecule has 1 amide bonds. The van der Waals surface area contributed by atoms with Gasteiger partial charge in [0.05, 0.1) is 12.7 Å². The lowest BCUT2D eigenvalue weighted by molar-refractivity contribution is -0.241. The van der Waals surface area contributed by atoms with Crippen molar-refractivity contribution >= 4 is 12.4 Å². The normalized spacial score (nSPS) is 13.0. The molecule has 0 saturated heterocycles. The van der Waals surface area contributed by atoms with E-state index in [0.717, 1.165) is 17.3 Å². The molecule has 1 atom stereocenters. The van der Waals surface area contributed by atoms with Gasteiger partial charge in [0, 0.05) is 13.5 Å². The van der Waals surface area contributed by atoms with E-state index in [2.05, 4.69) is 0 Å². The van der Waals surface area contributed by atoms with Gasteiger partial charge in [-0.05, 0) is 17.7 Å². The van der Waals surface area contributed by atoms with Crippen LogP contribution in [-0.4, -0.2) is 47.9 Å². The van der Waals surface area contributed by atoms with Crippen LogP contribution < -0.4 is 0 Å². The lowest BCUT2D eigenvalue weighted by atomic mass is 10.0. The highest BCUT2D eigenvalue weighted by molar-refractivity contribution is 5.71. The number of benzene rings is 1. The summed E-state index contributed by atoms with van der Waals surface area (Å²) in [6.45, 7) is 0. The minimum absolute atomic E-state index is 0.0817. The summed E-state index contributed by atoms with van der Waals surface area (Å²) in [7, 11) is 2.51. The molecule has 122 valence electrons. The van der Waals surface area contributed by atoms with Crippen LogP contribution in [0.2, 0.25) is 0 Å². The Hall–Kier alpha value is -2.13. The first kappa shape index (κ1) is 17.9. The molecule has 1 aromatic rings. The van der Waals surface area contributed by atoms with Gasteiger partial charge in [0.25, 0.3) is 0 Å². The van der Waals surface area contributed by atoms with Crippen molar-refractivity contribution in [3.63, 3.8) is 0 Å². The zero-order chi connectivity index (χ0) is 16.9. The Labute approximate surface area is 124 Å². The lowest BCUT2D eigenvalue weighted by Crippen LogP contribution is -2.51. The van der Waals surface area contributed by atoms with Crippen LogP contribution in [0.5, 0.6) is 0 Å². The van der Waals surface area contributed by atoms with E-state index in [1.165, 1.54) is 26.3 Å². The van der Waals surface area contributed by atoms with Gasteiger partial charge in [0.1, 0.15) is 12.3 Å². The molecular weight excluding hydrogens is 305 g/mol.